The number of nitrogens with zero attached hydrogens (tertiary/aromatic N) is 2. The number of benzene rings is 3. The highest BCUT2D eigenvalue weighted by atomic mass is 35.5. The van der Waals surface area contributed by atoms with Crippen LogP contribution in [-0.4, -0.2) is 68.7 Å². The van der Waals surface area contributed by atoms with Gasteiger partial charge < -0.3 is 20.1 Å². The van der Waals surface area contributed by atoms with Crippen molar-refractivity contribution in [2.75, 3.05) is 29.1 Å². The molecule has 3 heterocycles. The monoisotopic (exact) mass is 716 g/mol. The van der Waals surface area contributed by atoms with Crippen LogP contribution in [0.5, 0.6) is 0 Å². The van der Waals surface area contributed by atoms with Gasteiger partial charge in [-0.3, -0.25) is 14.7 Å². The molecular weight excluding hydrogens is 680 g/mol. The van der Waals surface area contributed by atoms with Gasteiger partial charge in [-0.1, -0.05) is 72.3 Å². The van der Waals surface area contributed by atoms with Gasteiger partial charge in [0, 0.05) is 46.1 Å². The lowest BCUT2D eigenvalue weighted by Crippen LogP contribution is -2.70. The lowest BCUT2D eigenvalue weighted by atomic mass is 10.0. The average Bonchev–Trinajstić information content (AvgIpc) is 3.08. The molecule has 0 bridgehead atoms. The Morgan fingerprint density at radius 1 is 1.04 bits per heavy atom. The molecule has 2 aliphatic heterocycles. The number of hydrogen-bond acceptors (Lipinski definition) is 9. The number of anilines is 1. The van der Waals surface area contributed by atoms with Gasteiger partial charge in [-0.05, 0) is 61.7 Å². The number of rotatable bonds is 11. The van der Waals surface area contributed by atoms with E-state index in [4.69, 9.17) is 21.1 Å². The zero-order valence-corrected chi connectivity index (χ0v) is 29.7. The van der Waals surface area contributed by atoms with E-state index in [-0.39, 0.29) is 11.6 Å². The summed E-state index contributed by atoms with van der Waals surface area (Å²) in [5, 5.41) is 7.35. The molecule has 12 heteroatoms. The Bertz CT molecular complexity index is 1830. The smallest absolute Gasteiger partial charge is 0.408 e. The van der Waals surface area contributed by atoms with Crippen LogP contribution in [0.1, 0.15) is 38.0 Å². The normalized spacial score (nSPS) is 17.4. The lowest BCUT2D eigenvalue weighted by Gasteiger charge is -2.49. The van der Waals surface area contributed by atoms with Crippen molar-refractivity contribution in [2.24, 2.45) is 0 Å². The van der Waals surface area contributed by atoms with Crippen molar-refractivity contribution < 1.29 is 23.9 Å². The number of ether oxygens (including phenoxy) is 2. The third-order valence-corrected chi connectivity index (χ3v) is 10.5. The number of thioether (sulfide) groups is 2. The number of pyridine rings is 1. The van der Waals surface area contributed by atoms with Crippen molar-refractivity contribution in [1.82, 2.24) is 15.2 Å². The molecule has 6 rings (SSSR count). The highest BCUT2D eigenvalue weighted by Gasteiger charge is 2.55. The summed E-state index contributed by atoms with van der Waals surface area (Å²) in [4.78, 5) is 46.3. The zero-order chi connectivity index (χ0) is 34.5. The van der Waals surface area contributed by atoms with E-state index in [2.05, 4.69) is 15.6 Å². The number of amides is 2. The van der Waals surface area contributed by atoms with Crippen LogP contribution in [0, 0.1) is 0 Å². The van der Waals surface area contributed by atoms with Crippen LogP contribution in [0.15, 0.2) is 102 Å². The number of carbonyl (C=O) groups excluding carboxylic acids is 3. The molecule has 9 nitrogen and oxygen atoms in total. The largest absolute Gasteiger partial charge is 0.448 e. The fourth-order valence-electron chi connectivity index (χ4n) is 5.69. The van der Waals surface area contributed by atoms with Gasteiger partial charge in [0.15, 0.2) is 6.10 Å². The molecule has 3 aromatic carbocycles. The Labute approximate surface area is 299 Å². The van der Waals surface area contributed by atoms with Crippen LogP contribution in [0.3, 0.4) is 0 Å². The van der Waals surface area contributed by atoms with E-state index in [1.807, 2.05) is 84.9 Å². The molecular formula is C37H37ClN4O5S2. The van der Waals surface area contributed by atoms with Crippen molar-refractivity contribution in [3.05, 3.63) is 119 Å². The maximum absolute atomic E-state index is 14.2. The minimum absolute atomic E-state index is 0.241. The Balaban J connectivity index is 1.20. The summed E-state index contributed by atoms with van der Waals surface area (Å²) in [6.45, 7) is 5.96. The van der Waals surface area contributed by atoms with Gasteiger partial charge >= 0.3 is 12.1 Å². The van der Waals surface area contributed by atoms with Crippen LogP contribution < -0.4 is 10.6 Å². The molecule has 0 aliphatic carbocycles. The third-order valence-electron chi connectivity index (χ3n) is 7.89. The number of hydrogen-bond donors (Lipinski definition) is 2. The van der Waals surface area contributed by atoms with Gasteiger partial charge in [0.25, 0.3) is 5.91 Å². The van der Waals surface area contributed by atoms with Gasteiger partial charge in [-0.25, -0.2) is 9.59 Å². The molecule has 4 aromatic rings. The van der Waals surface area contributed by atoms with Gasteiger partial charge in [0.2, 0.25) is 0 Å². The minimum Gasteiger partial charge on any atom is -0.448 e. The van der Waals surface area contributed by atoms with Crippen molar-refractivity contribution >= 4 is 69.7 Å². The lowest BCUT2D eigenvalue weighted by molar-refractivity contribution is -0.153. The predicted molar refractivity (Wildman–Crippen MR) is 197 cm³/mol. The fraction of sp³-hybridized carbons (Fsp3) is 0.297. The maximum Gasteiger partial charge on any atom is 0.408 e. The molecule has 49 heavy (non-hydrogen) atoms. The number of halogens is 1. The van der Waals surface area contributed by atoms with Crippen LogP contribution in [0.4, 0.5) is 10.5 Å². The Kier molecular flexibility index (Phi) is 10.7. The van der Waals surface area contributed by atoms with Crippen molar-refractivity contribution in [1.29, 1.82) is 0 Å². The summed E-state index contributed by atoms with van der Waals surface area (Å²) >= 11 is 9.32. The number of aromatic nitrogens is 1. The summed E-state index contributed by atoms with van der Waals surface area (Å²) in [5.74, 6) is 0.809. The SMILES string of the molecule is CC(C)(C)OC(=O)N[C@@H]1C(=O)N2C(C(=O)OC(c3ccccc3)c3ccccc3)=C(CSCCNc3ccnc4cc(Cl)ccc34)CS[C@H]12. The molecule has 254 valence electrons. The van der Waals surface area contributed by atoms with Crippen LogP contribution in [-0.2, 0) is 19.1 Å². The minimum atomic E-state index is -0.815. The number of nitrogens with one attached hydrogen (secondary N) is 2. The molecule has 0 spiro atoms. The zero-order valence-electron chi connectivity index (χ0n) is 27.4. The first-order valence-electron chi connectivity index (χ1n) is 15.9. The maximum atomic E-state index is 14.2. The Morgan fingerprint density at radius 3 is 2.41 bits per heavy atom. The van der Waals surface area contributed by atoms with Crippen LogP contribution in [0.2, 0.25) is 5.02 Å². The molecule has 2 N–H and O–H groups in total. The fourth-order valence-corrected chi connectivity index (χ4v) is 8.21. The first-order chi connectivity index (χ1) is 23.6. The summed E-state index contributed by atoms with van der Waals surface area (Å²) in [5.41, 5.74) is 3.74. The standard InChI is InChI=1S/C37H37ClN4O5S2/c1-37(2,3)47-36(45)41-30-33(43)42-31(35(44)46-32(23-10-6-4-7-11-23)24-12-8-5-9-13-24)25(22-49-34(30)42)21-48-19-18-40-28-16-17-39-29-20-26(38)14-15-27(28)29/h4-17,20,30,32,34H,18-19,21-22H2,1-3H3,(H,39,40)(H,41,45)/t30-,34-/m1/s1. The average molecular weight is 717 g/mol. The molecule has 1 saturated heterocycles. The van der Waals surface area contributed by atoms with Crippen molar-refractivity contribution in [3.63, 3.8) is 0 Å². The highest BCUT2D eigenvalue weighted by Crippen LogP contribution is 2.42. The van der Waals surface area contributed by atoms with Gasteiger partial charge in [-0.2, -0.15) is 11.8 Å². The van der Waals surface area contributed by atoms with E-state index < -0.39 is 35.2 Å². The van der Waals surface area contributed by atoms with E-state index in [9.17, 15) is 14.4 Å². The molecule has 2 amide bonds. The number of carbonyl (C=O) groups is 3. The second kappa shape index (κ2) is 15.1. The van der Waals surface area contributed by atoms with Gasteiger partial charge in [-0.15, -0.1) is 11.8 Å². The Morgan fingerprint density at radius 2 is 1.73 bits per heavy atom. The summed E-state index contributed by atoms with van der Waals surface area (Å²) in [7, 11) is 0. The van der Waals surface area contributed by atoms with E-state index >= 15 is 0 Å². The summed E-state index contributed by atoms with van der Waals surface area (Å²) in [6, 6.07) is 25.8. The predicted octanol–water partition coefficient (Wildman–Crippen LogP) is 7.43. The van der Waals surface area contributed by atoms with Gasteiger partial charge in [0.05, 0.1) is 5.52 Å². The molecule has 0 saturated carbocycles. The molecule has 2 atom stereocenters. The number of β-lactam (4-membered cyclic amide) rings is 1. The Hall–Kier alpha value is -4.19. The van der Waals surface area contributed by atoms with E-state index in [0.29, 0.717) is 23.1 Å². The second-order valence-electron chi connectivity index (χ2n) is 12.6. The number of alkyl carbamates (subject to hydrolysis) is 1. The quantitative estimate of drug-likeness (QED) is 0.0931. The summed E-state index contributed by atoms with van der Waals surface area (Å²) < 4.78 is 11.7. The topological polar surface area (TPSA) is 110 Å². The molecule has 2 aliphatic rings. The second-order valence-corrected chi connectivity index (χ2v) is 15.2. The third kappa shape index (κ3) is 8.17. The van der Waals surface area contributed by atoms with E-state index in [0.717, 1.165) is 39.0 Å². The molecule has 1 fully saturated rings. The highest BCUT2D eigenvalue weighted by molar-refractivity contribution is 8.01. The van der Waals surface area contributed by atoms with Crippen molar-refractivity contribution in [3.8, 4) is 0 Å². The first-order valence-corrected chi connectivity index (χ1v) is 18.5. The molecule has 0 radical (unpaired) electrons. The molecule has 0 unspecified atom stereocenters. The summed E-state index contributed by atoms with van der Waals surface area (Å²) in [6.07, 6.45) is 0.400. The number of fused-ring (bicyclic) bond motifs is 2. The van der Waals surface area contributed by atoms with E-state index in [1.165, 1.54) is 16.7 Å². The van der Waals surface area contributed by atoms with E-state index in [1.54, 1.807) is 38.7 Å². The van der Waals surface area contributed by atoms with Crippen LogP contribution in [0.25, 0.3) is 10.9 Å². The van der Waals surface area contributed by atoms with Crippen LogP contribution >= 0.6 is 35.1 Å². The molecule has 1 aromatic heterocycles. The van der Waals surface area contributed by atoms with Crippen molar-refractivity contribution in [2.45, 2.75) is 43.9 Å². The number of esters is 1. The first kappa shape index (κ1) is 34.7. The van der Waals surface area contributed by atoms with Gasteiger partial charge in [0.1, 0.15) is 22.7 Å².